The van der Waals surface area contributed by atoms with Gasteiger partial charge in [-0.3, -0.25) is 9.20 Å². The van der Waals surface area contributed by atoms with Crippen molar-refractivity contribution >= 4 is 29.3 Å². The first-order valence-electron chi connectivity index (χ1n) is 8.69. The molecule has 146 valence electrons. The number of esters is 1. The van der Waals surface area contributed by atoms with E-state index in [0.717, 1.165) is 11.6 Å². The Morgan fingerprint density at radius 2 is 2.03 bits per heavy atom. The van der Waals surface area contributed by atoms with Gasteiger partial charge < -0.3 is 9.47 Å². The van der Waals surface area contributed by atoms with Crippen molar-refractivity contribution < 1.29 is 14.3 Å². The monoisotopic (exact) mass is 409 g/mol. The van der Waals surface area contributed by atoms with E-state index in [4.69, 9.17) is 21.1 Å². The van der Waals surface area contributed by atoms with Crippen molar-refractivity contribution in [2.45, 2.75) is 13.8 Å². The molecule has 7 nitrogen and oxygen atoms in total. The van der Waals surface area contributed by atoms with Gasteiger partial charge in [-0.2, -0.15) is 10.2 Å². The summed E-state index contributed by atoms with van der Waals surface area (Å²) in [5, 5.41) is 9.86. The van der Waals surface area contributed by atoms with E-state index < -0.39 is 11.5 Å². The number of ether oxygens (including phenoxy) is 2. The van der Waals surface area contributed by atoms with Crippen LogP contribution in [0.25, 0.3) is 11.7 Å². The van der Waals surface area contributed by atoms with Gasteiger partial charge in [0, 0.05) is 11.2 Å². The fraction of sp³-hybridized carbons (Fsp3) is 0.143. The van der Waals surface area contributed by atoms with E-state index in [2.05, 4.69) is 4.98 Å². The summed E-state index contributed by atoms with van der Waals surface area (Å²) in [6.07, 6.45) is 2.69. The van der Waals surface area contributed by atoms with Crippen LogP contribution in [-0.4, -0.2) is 22.0 Å². The minimum absolute atomic E-state index is 0.0383. The summed E-state index contributed by atoms with van der Waals surface area (Å²) >= 11 is 5.90. The maximum absolute atomic E-state index is 13.1. The van der Waals surface area contributed by atoms with Crippen LogP contribution in [0.3, 0.4) is 0 Å². The highest BCUT2D eigenvalue weighted by Crippen LogP contribution is 2.26. The summed E-state index contributed by atoms with van der Waals surface area (Å²) in [7, 11) is 0. The lowest BCUT2D eigenvalue weighted by molar-refractivity contribution is -0.137. The number of benzene rings is 1. The maximum atomic E-state index is 13.1. The normalized spacial score (nSPS) is 11.2. The highest BCUT2D eigenvalue weighted by atomic mass is 35.5. The molecule has 0 radical (unpaired) electrons. The first-order valence-corrected chi connectivity index (χ1v) is 9.06. The molecular weight excluding hydrogens is 394 g/mol. The van der Waals surface area contributed by atoms with Crippen LogP contribution in [-0.2, 0) is 9.53 Å². The minimum atomic E-state index is -0.832. The topological polar surface area (TPSA) is 93.7 Å². The fourth-order valence-electron chi connectivity index (χ4n) is 2.60. The van der Waals surface area contributed by atoms with E-state index >= 15 is 0 Å². The first-order chi connectivity index (χ1) is 13.9. The zero-order chi connectivity index (χ0) is 21.0. The predicted octanol–water partition coefficient (Wildman–Crippen LogP) is 3.92. The summed E-state index contributed by atoms with van der Waals surface area (Å²) in [5.41, 5.74) is 0.284. The first kappa shape index (κ1) is 20.1. The largest absolute Gasteiger partial charge is 0.462 e. The van der Waals surface area contributed by atoms with Gasteiger partial charge in [-0.25, -0.2) is 4.79 Å². The highest BCUT2D eigenvalue weighted by Gasteiger charge is 2.18. The number of nitriles is 1. The Morgan fingerprint density at radius 1 is 1.31 bits per heavy atom. The molecule has 2 aromatic heterocycles. The summed E-state index contributed by atoms with van der Waals surface area (Å²) in [5.74, 6) is -0.478. The Kier molecular flexibility index (Phi) is 5.96. The van der Waals surface area contributed by atoms with Crippen LogP contribution in [0.1, 0.15) is 18.1 Å². The lowest BCUT2D eigenvalue weighted by atomic mass is 10.2. The third kappa shape index (κ3) is 4.28. The van der Waals surface area contributed by atoms with E-state index in [9.17, 15) is 14.9 Å². The van der Waals surface area contributed by atoms with Crippen molar-refractivity contribution in [3.8, 4) is 17.7 Å². The molecule has 0 spiro atoms. The second kappa shape index (κ2) is 8.59. The number of aromatic nitrogens is 2. The number of carbonyl (C=O) groups excluding carboxylic acids is 1. The Balaban J connectivity index is 2.24. The van der Waals surface area contributed by atoms with E-state index in [1.165, 1.54) is 4.40 Å². The molecule has 0 fully saturated rings. The molecular formula is C21H16ClN3O4. The molecule has 0 aliphatic carbocycles. The number of hydrogen-bond acceptors (Lipinski definition) is 6. The van der Waals surface area contributed by atoms with Crippen molar-refractivity contribution in [2.24, 2.45) is 0 Å². The Labute approximate surface area is 171 Å². The van der Waals surface area contributed by atoms with Crippen LogP contribution in [0.2, 0.25) is 5.02 Å². The molecule has 2 heterocycles. The van der Waals surface area contributed by atoms with Crippen molar-refractivity contribution in [2.75, 3.05) is 6.61 Å². The van der Waals surface area contributed by atoms with Crippen LogP contribution in [0, 0.1) is 18.3 Å². The molecule has 8 heteroatoms. The second-order valence-electron chi connectivity index (χ2n) is 5.97. The molecule has 1 aromatic carbocycles. The van der Waals surface area contributed by atoms with Gasteiger partial charge in [0.25, 0.3) is 5.56 Å². The smallest absolute Gasteiger partial charge is 0.348 e. The lowest BCUT2D eigenvalue weighted by Gasteiger charge is -2.11. The predicted molar refractivity (Wildman–Crippen MR) is 108 cm³/mol. The molecule has 0 aliphatic rings. The average Bonchev–Trinajstić information content (AvgIpc) is 2.70. The van der Waals surface area contributed by atoms with Crippen molar-refractivity contribution in [3.05, 3.63) is 74.7 Å². The number of nitrogens with zero attached hydrogens (tertiary/aromatic N) is 3. The SMILES string of the molecule is CCOC(=O)C(C#N)=Cc1c(Oc2ccc(Cl)cc2)nc2c(C)cccn2c1=O. The van der Waals surface area contributed by atoms with Gasteiger partial charge >= 0.3 is 5.97 Å². The summed E-state index contributed by atoms with van der Waals surface area (Å²) < 4.78 is 12.0. The third-order valence-electron chi connectivity index (χ3n) is 3.98. The number of rotatable bonds is 5. The standard InChI is InChI=1S/C21H16ClN3O4/c1-3-28-21(27)14(12-23)11-17-19(29-16-8-6-15(22)7-9-16)24-18-13(2)5-4-10-25(18)20(17)26/h4-11H,3H2,1-2H3. The van der Waals surface area contributed by atoms with Crippen molar-refractivity contribution in [1.29, 1.82) is 5.26 Å². The number of aryl methyl sites for hydroxylation is 1. The summed E-state index contributed by atoms with van der Waals surface area (Å²) in [6, 6.07) is 11.8. The molecule has 0 bridgehead atoms. The molecule has 0 unspecified atom stereocenters. The van der Waals surface area contributed by atoms with Crippen LogP contribution in [0.15, 0.2) is 53.0 Å². The van der Waals surface area contributed by atoms with E-state index in [1.54, 1.807) is 49.5 Å². The Hall–Kier alpha value is -3.63. The highest BCUT2D eigenvalue weighted by molar-refractivity contribution is 6.30. The molecule has 3 rings (SSSR count). The molecule has 0 saturated heterocycles. The number of pyridine rings is 1. The zero-order valence-electron chi connectivity index (χ0n) is 15.7. The van der Waals surface area contributed by atoms with Gasteiger partial charge in [0.2, 0.25) is 5.88 Å². The van der Waals surface area contributed by atoms with Crippen LogP contribution in [0.5, 0.6) is 11.6 Å². The maximum Gasteiger partial charge on any atom is 0.348 e. The molecule has 0 saturated carbocycles. The summed E-state index contributed by atoms with van der Waals surface area (Å²) in [4.78, 5) is 29.6. The molecule has 29 heavy (non-hydrogen) atoms. The lowest BCUT2D eigenvalue weighted by Crippen LogP contribution is -2.20. The van der Waals surface area contributed by atoms with E-state index in [1.807, 2.05) is 13.0 Å². The number of carbonyl (C=O) groups is 1. The summed E-state index contributed by atoms with van der Waals surface area (Å²) in [6.45, 7) is 3.53. The van der Waals surface area contributed by atoms with Crippen molar-refractivity contribution in [3.63, 3.8) is 0 Å². The molecule has 0 N–H and O–H groups in total. The number of hydrogen-bond donors (Lipinski definition) is 0. The zero-order valence-corrected chi connectivity index (χ0v) is 16.4. The van der Waals surface area contributed by atoms with Crippen LogP contribution < -0.4 is 10.3 Å². The third-order valence-corrected chi connectivity index (χ3v) is 4.23. The molecule has 0 amide bonds. The number of fused-ring (bicyclic) bond motifs is 1. The molecule has 3 aromatic rings. The Morgan fingerprint density at radius 3 is 2.69 bits per heavy atom. The fourth-order valence-corrected chi connectivity index (χ4v) is 2.72. The molecule has 0 atom stereocenters. The van der Waals surface area contributed by atoms with Gasteiger partial charge in [-0.15, -0.1) is 0 Å². The van der Waals surface area contributed by atoms with Gasteiger partial charge in [-0.1, -0.05) is 17.7 Å². The van der Waals surface area contributed by atoms with Crippen LogP contribution in [0.4, 0.5) is 0 Å². The van der Waals surface area contributed by atoms with Crippen LogP contribution >= 0.6 is 11.6 Å². The number of halogens is 1. The second-order valence-corrected chi connectivity index (χ2v) is 6.40. The van der Waals surface area contributed by atoms with Gasteiger partial charge in [0.1, 0.15) is 28.6 Å². The van der Waals surface area contributed by atoms with E-state index in [0.29, 0.717) is 16.4 Å². The van der Waals surface area contributed by atoms with E-state index in [-0.39, 0.29) is 23.6 Å². The molecule has 0 aliphatic heterocycles. The van der Waals surface area contributed by atoms with Gasteiger partial charge in [0.05, 0.1) is 6.61 Å². The quantitative estimate of drug-likeness (QED) is 0.360. The van der Waals surface area contributed by atoms with Gasteiger partial charge in [0.15, 0.2) is 0 Å². The Bertz CT molecular complexity index is 1210. The average molecular weight is 410 g/mol. The van der Waals surface area contributed by atoms with Crippen molar-refractivity contribution in [1.82, 2.24) is 9.38 Å². The minimum Gasteiger partial charge on any atom is -0.462 e. The van der Waals surface area contributed by atoms with Gasteiger partial charge in [-0.05, 0) is 55.8 Å².